The first-order valence-corrected chi connectivity index (χ1v) is 8.79. The first-order chi connectivity index (χ1) is 8.34. The second-order valence-corrected chi connectivity index (χ2v) is 7.70. The molecule has 1 heterocycles. The molecule has 17 heavy (non-hydrogen) atoms. The lowest BCUT2D eigenvalue weighted by atomic mass is 10.1. The van der Waals surface area contributed by atoms with Crippen molar-refractivity contribution in [3.8, 4) is 0 Å². The highest BCUT2D eigenvalue weighted by Gasteiger charge is 2.15. The lowest BCUT2D eigenvalue weighted by Gasteiger charge is -2.20. The van der Waals surface area contributed by atoms with Crippen molar-refractivity contribution in [3.63, 3.8) is 0 Å². The predicted molar refractivity (Wildman–Crippen MR) is 76.7 cm³/mol. The first kappa shape index (κ1) is 12.6. The summed E-state index contributed by atoms with van der Waals surface area (Å²) >= 11 is 0. The lowest BCUT2D eigenvalue weighted by Crippen LogP contribution is -2.21. The van der Waals surface area contributed by atoms with Gasteiger partial charge < -0.3 is 4.43 Å². The van der Waals surface area contributed by atoms with E-state index < -0.39 is 9.04 Å². The third-order valence-corrected chi connectivity index (χ3v) is 6.05. The largest absolute Gasteiger partial charge is 0.416 e. The van der Waals surface area contributed by atoms with Gasteiger partial charge in [-0.1, -0.05) is 55.7 Å². The monoisotopic (exact) mass is 246 g/mol. The van der Waals surface area contributed by atoms with Crippen LogP contribution in [0.2, 0.25) is 12.1 Å². The molecule has 2 heteroatoms. The van der Waals surface area contributed by atoms with Crippen molar-refractivity contribution in [2.75, 3.05) is 6.61 Å². The van der Waals surface area contributed by atoms with Crippen molar-refractivity contribution < 1.29 is 4.43 Å². The van der Waals surface area contributed by atoms with E-state index in [-0.39, 0.29) is 0 Å². The summed E-state index contributed by atoms with van der Waals surface area (Å²) < 4.78 is 6.09. The molecule has 2 rings (SSSR count). The van der Waals surface area contributed by atoms with Crippen molar-refractivity contribution in [1.82, 2.24) is 0 Å². The van der Waals surface area contributed by atoms with Gasteiger partial charge in [0.15, 0.2) is 9.04 Å². The maximum atomic E-state index is 6.09. The lowest BCUT2D eigenvalue weighted by molar-refractivity contribution is 0.346. The normalized spacial score (nSPS) is 18.3. The van der Waals surface area contributed by atoms with Crippen molar-refractivity contribution in [2.45, 2.75) is 38.3 Å². The smallest absolute Gasteiger partial charge is 0.177 e. The van der Waals surface area contributed by atoms with Crippen LogP contribution in [0.5, 0.6) is 0 Å². The zero-order chi connectivity index (χ0) is 11.9. The van der Waals surface area contributed by atoms with Crippen LogP contribution in [-0.2, 0) is 4.43 Å². The quantitative estimate of drug-likeness (QED) is 0.729. The number of hydrogen-bond donors (Lipinski definition) is 0. The van der Waals surface area contributed by atoms with Crippen LogP contribution in [0, 0.1) is 0 Å². The van der Waals surface area contributed by atoms with Crippen LogP contribution < -0.4 is 0 Å². The Kier molecular flexibility index (Phi) is 5.01. The van der Waals surface area contributed by atoms with Crippen LogP contribution in [0.15, 0.2) is 35.9 Å². The molecule has 1 aromatic carbocycles. The first-order valence-electron chi connectivity index (χ1n) is 6.68. The van der Waals surface area contributed by atoms with Gasteiger partial charge in [0.25, 0.3) is 0 Å². The molecule has 0 radical (unpaired) electrons. The van der Waals surface area contributed by atoms with Crippen LogP contribution in [0.25, 0.3) is 6.08 Å². The fraction of sp³-hybridized carbons (Fsp3) is 0.467. The molecule has 1 nitrogen and oxygen atoms in total. The van der Waals surface area contributed by atoms with Crippen molar-refractivity contribution in [1.29, 1.82) is 0 Å². The van der Waals surface area contributed by atoms with Gasteiger partial charge >= 0.3 is 0 Å². The highest BCUT2D eigenvalue weighted by molar-refractivity contribution is 6.52. The summed E-state index contributed by atoms with van der Waals surface area (Å²) in [6.07, 6.45) is 6.46. The van der Waals surface area contributed by atoms with Gasteiger partial charge in [-0.05, 0) is 30.1 Å². The van der Waals surface area contributed by atoms with Gasteiger partial charge in [-0.25, -0.2) is 0 Å². The van der Waals surface area contributed by atoms with E-state index in [1.165, 1.54) is 42.5 Å². The van der Waals surface area contributed by atoms with Crippen LogP contribution in [0.1, 0.15) is 31.7 Å². The maximum Gasteiger partial charge on any atom is 0.177 e. The minimum absolute atomic E-state index is 0.831. The SMILES string of the molecule is C/C(=C\c1ccccc1)CO[SiH]1CCCCC1. The van der Waals surface area contributed by atoms with Gasteiger partial charge in [0.05, 0.1) is 6.61 Å². The van der Waals surface area contributed by atoms with Gasteiger partial charge in [0, 0.05) is 0 Å². The number of hydrogen-bond acceptors (Lipinski definition) is 1. The van der Waals surface area contributed by atoms with E-state index in [1.54, 1.807) is 0 Å². The van der Waals surface area contributed by atoms with Crippen molar-refractivity contribution in [2.24, 2.45) is 0 Å². The predicted octanol–water partition coefficient (Wildman–Crippen LogP) is 4.01. The zero-order valence-corrected chi connectivity index (χ0v) is 11.8. The molecule has 0 spiro atoms. The average molecular weight is 246 g/mol. The summed E-state index contributed by atoms with van der Waals surface area (Å²) in [5, 5.41) is 0. The standard InChI is InChI=1S/C15H22OSi/c1-14(12-15-8-4-2-5-9-15)13-16-17-10-6-3-7-11-17/h2,4-5,8-9,12,17H,3,6-7,10-11,13H2,1H3/b14-12+. The van der Waals surface area contributed by atoms with Crippen LogP contribution in [0.4, 0.5) is 0 Å². The summed E-state index contributed by atoms with van der Waals surface area (Å²) in [6, 6.07) is 13.3. The van der Waals surface area contributed by atoms with Gasteiger partial charge in [-0.15, -0.1) is 0 Å². The average Bonchev–Trinajstić information content (AvgIpc) is 2.39. The number of rotatable bonds is 4. The zero-order valence-electron chi connectivity index (χ0n) is 10.7. The molecule has 0 amide bonds. The van der Waals surface area contributed by atoms with Gasteiger partial charge in [0.1, 0.15) is 0 Å². The Morgan fingerprint density at radius 1 is 1.18 bits per heavy atom. The van der Waals surface area contributed by atoms with Crippen LogP contribution in [-0.4, -0.2) is 15.6 Å². The molecule has 0 aliphatic carbocycles. The molecule has 1 aliphatic rings. The van der Waals surface area contributed by atoms with E-state index in [4.69, 9.17) is 4.43 Å². The summed E-state index contributed by atoms with van der Waals surface area (Å²) in [5.74, 6) is 0. The van der Waals surface area contributed by atoms with Gasteiger partial charge in [0.2, 0.25) is 0 Å². The Morgan fingerprint density at radius 3 is 2.59 bits per heavy atom. The van der Waals surface area contributed by atoms with Crippen LogP contribution >= 0.6 is 0 Å². The summed E-state index contributed by atoms with van der Waals surface area (Å²) in [7, 11) is -0.831. The maximum absolute atomic E-state index is 6.09. The molecule has 0 bridgehead atoms. The van der Waals surface area contributed by atoms with Crippen molar-refractivity contribution in [3.05, 3.63) is 41.5 Å². The van der Waals surface area contributed by atoms with E-state index in [1.807, 2.05) is 0 Å². The van der Waals surface area contributed by atoms with E-state index >= 15 is 0 Å². The molecular formula is C15H22OSi. The minimum atomic E-state index is -0.831. The van der Waals surface area contributed by atoms with E-state index in [9.17, 15) is 0 Å². The Hall–Kier alpha value is -0.863. The second-order valence-electron chi connectivity index (χ2n) is 4.97. The third kappa shape index (κ3) is 4.48. The number of benzene rings is 1. The molecule has 1 saturated heterocycles. The topological polar surface area (TPSA) is 9.23 Å². The van der Waals surface area contributed by atoms with E-state index in [0.29, 0.717) is 0 Å². The highest BCUT2D eigenvalue weighted by Crippen LogP contribution is 2.20. The Labute approximate surface area is 106 Å². The van der Waals surface area contributed by atoms with Gasteiger partial charge in [-0.2, -0.15) is 0 Å². The Morgan fingerprint density at radius 2 is 1.88 bits per heavy atom. The molecule has 1 fully saturated rings. The fourth-order valence-electron chi connectivity index (χ4n) is 2.36. The van der Waals surface area contributed by atoms with E-state index in [0.717, 1.165) is 6.61 Å². The molecular weight excluding hydrogens is 224 g/mol. The minimum Gasteiger partial charge on any atom is -0.416 e. The van der Waals surface area contributed by atoms with E-state index in [2.05, 4.69) is 43.3 Å². The second kappa shape index (κ2) is 6.77. The highest BCUT2D eigenvalue weighted by atomic mass is 28.3. The van der Waals surface area contributed by atoms with Crippen molar-refractivity contribution >= 4 is 15.1 Å². The molecule has 1 aliphatic heterocycles. The molecule has 0 N–H and O–H groups in total. The third-order valence-electron chi connectivity index (χ3n) is 3.31. The van der Waals surface area contributed by atoms with Crippen LogP contribution in [0.3, 0.4) is 0 Å². The molecule has 0 atom stereocenters. The molecule has 0 unspecified atom stereocenters. The summed E-state index contributed by atoms with van der Waals surface area (Å²) in [5.41, 5.74) is 2.62. The molecule has 92 valence electrons. The fourth-order valence-corrected chi connectivity index (χ4v) is 4.97. The Balaban J connectivity index is 1.80. The molecule has 0 aromatic heterocycles. The summed E-state index contributed by atoms with van der Waals surface area (Å²) in [6.45, 7) is 3.01. The molecule has 0 saturated carbocycles. The molecule has 1 aromatic rings. The Bertz CT molecular complexity index is 352. The summed E-state index contributed by atoms with van der Waals surface area (Å²) in [4.78, 5) is 0. The van der Waals surface area contributed by atoms with Gasteiger partial charge in [-0.3, -0.25) is 0 Å².